The number of nitro groups is 1. The summed E-state index contributed by atoms with van der Waals surface area (Å²) in [6, 6.07) is 6.43. The summed E-state index contributed by atoms with van der Waals surface area (Å²) >= 11 is 0. The predicted molar refractivity (Wildman–Crippen MR) is 119 cm³/mol. The Labute approximate surface area is 187 Å². The van der Waals surface area contributed by atoms with E-state index in [1.54, 1.807) is 17.0 Å². The zero-order chi connectivity index (χ0) is 23.1. The van der Waals surface area contributed by atoms with E-state index in [1.807, 2.05) is 18.7 Å². The molecule has 32 heavy (non-hydrogen) atoms. The fraction of sp³-hybridized carbons (Fsp3) is 0.455. The molecule has 3 rings (SSSR count). The highest BCUT2D eigenvalue weighted by Gasteiger charge is 2.25. The molecular formula is C22H28N6O4. The van der Waals surface area contributed by atoms with Crippen molar-refractivity contribution < 1.29 is 14.5 Å². The molecule has 1 fully saturated rings. The summed E-state index contributed by atoms with van der Waals surface area (Å²) in [6.45, 7) is 6.72. The van der Waals surface area contributed by atoms with Gasteiger partial charge < -0.3 is 14.7 Å². The Balaban J connectivity index is 1.54. The van der Waals surface area contributed by atoms with E-state index < -0.39 is 4.92 Å². The second-order valence-corrected chi connectivity index (χ2v) is 7.74. The van der Waals surface area contributed by atoms with Gasteiger partial charge in [0.15, 0.2) is 0 Å². The van der Waals surface area contributed by atoms with Crippen molar-refractivity contribution in [2.45, 2.75) is 32.7 Å². The first-order valence-corrected chi connectivity index (χ1v) is 10.7. The molecule has 1 saturated heterocycles. The molecule has 0 N–H and O–H groups in total. The topological polar surface area (TPSA) is 113 Å². The monoisotopic (exact) mass is 440 g/mol. The SMILES string of the molecule is CCC(C)N(CCC(=O)N1CCN(c2ccc([N+](=O)[O-])cc2)CC1)C(=O)c1cnccn1. The molecule has 0 saturated carbocycles. The zero-order valence-corrected chi connectivity index (χ0v) is 18.4. The Hall–Kier alpha value is -3.56. The van der Waals surface area contributed by atoms with Crippen LogP contribution in [0.3, 0.4) is 0 Å². The van der Waals surface area contributed by atoms with Crippen molar-refractivity contribution in [3.8, 4) is 0 Å². The number of carbonyl (C=O) groups is 2. The lowest BCUT2D eigenvalue weighted by molar-refractivity contribution is -0.384. The van der Waals surface area contributed by atoms with Crippen LogP contribution in [0.2, 0.25) is 0 Å². The average molecular weight is 441 g/mol. The van der Waals surface area contributed by atoms with E-state index >= 15 is 0 Å². The van der Waals surface area contributed by atoms with Crippen LogP contribution >= 0.6 is 0 Å². The highest BCUT2D eigenvalue weighted by Crippen LogP contribution is 2.21. The van der Waals surface area contributed by atoms with Crippen molar-refractivity contribution in [3.05, 3.63) is 58.7 Å². The van der Waals surface area contributed by atoms with Gasteiger partial charge >= 0.3 is 0 Å². The molecule has 10 nitrogen and oxygen atoms in total. The van der Waals surface area contributed by atoms with Gasteiger partial charge in [0.1, 0.15) is 5.69 Å². The molecule has 1 atom stereocenters. The smallest absolute Gasteiger partial charge is 0.274 e. The minimum absolute atomic E-state index is 0.00796. The van der Waals surface area contributed by atoms with Crippen molar-refractivity contribution in [2.75, 3.05) is 37.6 Å². The van der Waals surface area contributed by atoms with E-state index in [-0.39, 0.29) is 35.7 Å². The molecule has 1 aromatic heterocycles. The fourth-order valence-corrected chi connectivity index (χ4v) is 3.67. The number of hydrogen-bond acceptors (Lipinski definition) is 7. The third-order valence-corrected chi connectivity index (χ3v) is 5.79. The summed E-state index contributed by atoms with van der Waals surface area (Å²) in [5.41, 5.74) is 1.24. The van der Waals surface area contributed by atoms with Gasteiger partial charge in [-0.3, -0.25) is 24.7 Å². The molecule has 2 amide bonds. The lowest BCUT2D eigenvalue weighted by Crippen LogP contribution is -2.49. The van der Waals surface area contributed by atoms with Gasteiger partial charge in [-0.15, -0.1) is 0 Å². The second-order valence-electron chi connectivity index (χ2n) is 7.74. The molecule has 1 aliphatic rings. The van der Waals surface area contributed by atoms with Crippen LogP contribution in [-0.4, -0.2) is 75.3 Å². The number of piperazine rings is 1. The first-order chi connectivity index (χ1) is 15.4. The van der Waals surface area contributed by atoms with Gasteiger partial charge in [0.25, 0.3) is 11.6 Å². The number of hydrogen-bond donors (Lipinski definition) is 0. The number of nitrogens with zero attached hydrogens (tertiary/aromatic N) is 6. The predicted octanol–water partition coefficient (Wildman–Crippen LogP) is 2.36. The minimum atomic E-state index is -0.418. The zero-order valence-electron chi connectivity index (χ0n) is 18.4. The first-order valence-electron chi connectivity index (χ1n) is 10.7. The van der Waals surface area contributed by atoms with E-state index in [0.29, 0.717) is 32.7 Å². The minimum Gasteiger partial charge on any atom is -0.368 e. The van der Waals surface area contributed by atoms with E-state index in [1.165, 1.54) is 30.7 Å². The maximum Gasteiger partial charge on any atom is 0.274 e. The van der Waals surface area contributed by atoms with Gasteiger partial charge in [0, 0.05) is 75.4 Å². The third kappa shape index (κ3) is 5.57. The summed E-state index contributed by atoms with van der Waals surface area (Å²) in [5, 5.41) is 10.8. The highest BCUT2D eigenvalue weighted by molar-refractivity contribution is 5.92. The van der Waals surface area contributed by atoms with E-state index in [4.69, 9.17) is 0 Å². The van der Waals surface area contributed by atoms with Gasteiger partial charge in [-0.05, 0) is 25.5 Å². The Bertz CT molecular complexity index is 929. The van der Waals surface area contributed by atoms with Crippen LogP contribution in [0.1, 0.15) is 37.2 Å². The molecule has 0 spiro atoms. The Morgan fingerprint density at radius 1 is 1.16 bits per heavy atom. The molecule has 170 valence electrons. The molecule has 10 heteroatoms. The van der Waals surface area contributed by atoms with Gasteiger partial charge in [-0.1, -0.05) is 6.92 Å². The lowest BCUT2D eigenvalue weighted by Gasteiger charge is -2.36. The largest absolute Gasteiger partial charge is 0.368 e. The Morgan fingerprint density at radius 2 is 1.84 bits per heavy atom. The number of rotatable bonds is 8. The molecular weight excluding hydrogens is 412 g/mol. The van der Waals surface area contributed by atoms with Crippen LogP contribution in [0, 0.1) is 10.1 Å². The van der Waals surface area contributed by atoms with Crippen LogP contribution < -0.4 is 4.90 Å². The highest BCUT2D eigenvalue weighted by atomic mass is 16.6. The summed E-state index contributed by atoms with van der Waals surface area (Å²) in [6.07, 6.45) is 5.46. The molecule has 1 unspecified atom stereocenters. The van der Waals surface area contributed by atoms with Gasteiger partial charge in [0.2, 0.25) is 5.91 Å². The normalized spacial score (nSPS) is 14.7. The maximum atomic E-state index is 12.8. The van der Waals surface area contributed by atoms with E-state index in [2.05, 4.69) is 14.9 Å². The average Bonchev–Trinajstić information content (AvgIpc) is 2.84. The number of carbonyl (C=O) groups excluding carboxylic acids is 2. The van der Waals surface area contributed by atoms with Crippen LogP contribution in [0.5, 0.6) is 0 Å². The quantitative estimate of drug-likeness (QED) is 0.457. The standard InChI is InChI=1S/C22H28N6O4/c1-3-17(2)27(22(30)20-16-23-9-10-24-20)11-8-21(29)26-14-12-25(13-15-26)18-4-6-19(7-5-18)28(31)32/h4-7,9-10,16-17H,3,8,11-15H2,1-2H3. The van der Waals surface area contributed by atoms with E-state index in [9.17, 15) is 19.7 Å². The Kier molecular flexibility index (Phi) is 7.69. The number of aromatic nitrogens is 2. The fourth-order valence-electron chi connectivity index (χ4n) is 3.67. The molecule has 2 heterocycles. The molecule has 0 bridgehead atoms. The summed E-state index contributed by atoms with van der Waals surface area (Å²) < 4.78 is 0. The molecule has 1 aliphatic heterocycles. The summed E-state index contributed by atoms with van der Waals surface area (Å²) in [4.78, 5) is 49.7. The molecule has 1 aromatic carbocycles. The van der Waals surface area contributed by atoms with Crippen LogP contribution in [0.4, 0.5) is 11.4 Å². The maximum absolute atomic E-state index is 12.8. The van der Waals surface area contributed by atoms with Crippen molar-refractivity contribution >= 4 is 23.2 Å². The summed E-state index contributed by atoms with van der Waals surface area (Å²) in [7, 11) is 0. The molecule has 0 radical (unpaired) electrons. The number of anilines is 1. The number of non-ortho nitro benzene ring substituents is 1. The van der Waals surface area contributed by atoms with Crippen molar-refractivity contribution in [1.29, 1.82) is 0 Å². The number of benzene rings is 1. The van der Waals surface area contributed by atoms with Crippen LogP contribution in [-0.2, 0) is 4.79 Å². The first kappa shape index (κ1) is 23.1. The molecule has 2 aromatic rings. The third-order valence-electron chi connectivity index (χ3n) is 5.79. The number of amides is 2. The lowest BCUT2D eigenvalue weighted by atomic mass is 10.1. The Morgan fingerprint density at radius 3 is 2.41 bits per heavy atom. The van der Waals surface area contributed by atoms with Crippen LogP contribution in [0.15, 0.2) is 42.9 Å². The van der Waals surface area contributed by atoms with Gasteiger partial charge in [0.05, 0.1) is 11.1 Å². The van der Waals surface area contributed by atoms with E-state index in [0.717, 1.165) is 12.1 Å². The van der Waals surface area contributed by atoms with Crippen molar-refractivity contribution in [1.82, 2.24) is 19.8 Å². The second kappa shape index (κ2) is 10.7. The van der Waals surface area contributed by atoms with Crippen molar-refractivity contribution in [2.24, 2.45) is 0 Å². The molecule has 0 aliphatic carbocycles. The summed E-state index contributed by atoms with van der Waals surface area (Å²) in [5.74, 6) is -0.211. The van der Waals surface area contributed by atoms with Gasteiger partial charge in [-0.2, -0.15) is 0 Å². The van der Waals surface area contributed by atoms with Crippen LogP contribution in [0.25, 0.3) is 0 Å². The van der Waals surface area contributed by atoms with Crippen molar-refractivity contribution in [3.63, 3.8) is 0 Å². The number of nitro benzene ring substituents is 1. The van der Waals surface area contributed by atoms with Gasteiger partial charge in [-0.25, -0.2) is 4.98 Å².